The van der Waals surface area contributed by atoms with Crippen LogP contribution < -0.4 is 5.32 Å². The average Bonchev–Trinajstić information content (AvgIpc) is 2.95. The van der Waals surface area contributed by atoms with Gasteiger partial charge in [-0.25, -0.2) is 15.0 Å². The number of unbranched alkanes of at least 4 members (excludes halogenated alkanes) is 1. The van der Waals surface area contributed by atoms with Crippen LogP contribution in [0.5, 0.6) is 0 Å². The first-order valence-corrected chi connectivity index (χ1v) is 7.74. The minimum Gasteiger partial charge on any atom is -0.480 e. The number of aromatic amines is 1. The lowest BCUT2D eigenvalue weighted by Gasteiger charge is -2.23. The van der Waals surface area contributed by atoms with Crippen LogP contribution >= 0.6 is 11.8 Å². The van der Waals surface area contributed by atoms with Crippen molar-refractivity contribution in [3.63, 3.8) is 0 Å². The first-order valence-electron chi connectivity index (χ1n) is 6.76. The number of carboxylic acid groups (broad SMARTS) is 1. The first-order chi connectivity index (χ1) is 10.1. The summed E-state index contributed by atoms with van der Waals surface area (Å²) in [7, 11) is 1.68. The van der Waals surface area contributed by atoms with E-state index in [2.05, 4.69) is 25.3 Å². The topological polar surface area (TPSA) is 104 Å². The molecular formula is C13H19N5O2S. The van der Waals surface area contributed by atoms with Crippen molar-refractivity contribution >= 4 is 28.9 Å². The predicted octanol–water partition coefficient (Wildman–Crippen LogP) is 1.68. The van der Waals surface area contributed by atoms with E-state index in [1.165, 1.54) is 6.33 Å². The second-order valence-electron chi connectivity index (χ2n) is 4.97. The second-order valence-corrected chi connectivity index (χ2v) is 6.06. The molecule has 2 rings (SSSR count). The maximum Gasteiger partial charge on any atom is 0.323 e. The van der Waals surface area contributed by atoms with Gasteiger partial charge in [-0.1, -0.05) is 6.42 Å². The molecule has 0 aromatic carbocycles. The molecule has 2 heterocycles. The van der Waals surface area contributed by atoms with Gasteiger partial charge in [0.25, 0.3) is 0 Å². The van der Waals surface area contributed by atoms with E-state index in [4.69, 9.17) is 5.11 Å². The molecule has 0 fully saturated rings. The summed E-state index contributed by atoms with van der Waals surface area (Å²) in [6.07, 6.45) is 5.48. The Balaban J connectivity index is 1.80. The molecule has 2 aromatic rings. The lowest BCUT2D eigenvalue weighted by molar-refractivity contribution is -0.144. The smallest absolute Gasteiger partial charge is 0.323 e. The third-order valence-electron chi connectivity index (χ3n) is 3.52. The number of H-pyrrole nitrogens is 1. The summed E-state index contributed by atoms with van der Waals surface area (Å²) < 4.78 is 0. The van der Waals surface area contributed by atoms with Gasteiger partial charge in [-0.05, 0) is 32.6 Å². The third-order valence-corrected chi connectivity index (χ3v) is 4.60. The van der Waals surface area contributed by atoms with Gasteiger partial charge in [-0.2, -0.15) is 0 Å². The van der Waals surface area contributed by atoms with E-state index in [0.29, 0.717) is 12.1 Å². The molecular weight excluding hydrogens is 290 g/mol. The highest BCUT2D eigenvalue weighted by Gasteiger charge is 2.29. The lowest BCUT2D eigenvalue weighted by atomic mass is 9.95. The van der Waals surface area contributed by atoms with E-state index in [-0.39, 0.29) is 0 Å². The van der Waals surface area contributed by atoms with Crippen molar-refractivity contribution < 1.29 is 9.90 Å². The Morgan fingerprint density at radius 1 is 1.43 bits per heavy atom. The zero-order chi connectivity index (χ0) is 15.3. The maximum atomic E-state index is 11.2. The third kappa shape index (κ3) is 3.70. The van der Waals surface area contributed by atoms with Crippen LogP contribution in [0.4, 0.5) is 0 Å². The minimum atomic E-state index is -0.851. The van der Waals surface area contributed by atoms with E-state index in [1.54, 1.807) is 32.1 Å². The van der Waals surface area contributed by atoms with Crippen LogP contribution in [0, 0.1) is 0 Å². The van der Waals surface area contributed by atoms with Crippen LogP contribution in [-0.4, -0.2) is 49.4 Å². The Kier molecular flexibility index (Phi) is 5.13. The number of thioether (sulfide) groups is 1. The first kappa shape index (κ1) is 15.7. The highest BCUT2D eigenvalue weighted by molar-refractivity contribution is 7.99. The van der Waals surface area contributed by atoms with Crippen LogP contribution in [0.2, 0.25) is 0 Å². The van der Waals surface area contributed by atoms with E-state index in [0.717, 1.165) is 29.1 Å². The summed E-state index contributed by atoms with van der Waals surface area (Å²) in [6.45, 7) is 1.71. The molecule has 0 saturated heterocycles. The molecule has 0 aliphatic heterocycles. The predicted molar refractivity (Wildman–Crippen MR) is 81.4 cm³/mol. The maximum absolute atomic E-state index is 11.2. The number of carbonyl (C=O) groups is 1. The SMILES string of the molecule is CNC(C)(CCCCSc1ncnc2nc[nH]c12)C(=O)O. The van der Waals surface area contributed by atoms with Crippen LogP contribution in [0.15, 0.2) is 17.7 Å². The highest BCUT2D eigenvalue weighted by atomic mass is 32.2. The standard InChI is InChI=1S/C13H19N5O2S/c1-13(14-2,12(19)20)5-3-4-6-21-11-9-10(16-7-15-9)17-8-18-11/h7-8,14H,3-6H2,1-2H3,(H,19,20)(H,15,16,17,18). The number of aliphatic carboxylic acids is 1. The quantitative estimate of drug-likeness (QED) is 0.387. The summed E-state index contributed by atoms with van der Waals surface area (Å²) in [5, 5.41) is 12.9. The number of fused-ring (bicyclic) bond motifs is 1. The highest BCUT2D eigenvalue weighted by Crippen LogP contribution is 2.23. The Bertz CT molecular complexity index is 617. The lowest BCUT2D eigenvalue weighted by Crippen LogP contribution is -2.47. The van der Waals surface area contributed by atoms with Crippen molar-refractivity contribution in [3.8, 4) is 0 Å². The Morgan fingerprint density at radius 3 is 2.95 bits per heavy atom. The number of rotatable bonds is 8. The average molecular weight is 309 g/mol. The zero-order valence-electron chi connectivity index (χ0n) is 12.1. The van der Waals surface area contributed by atoms with Crippen LogP contribution in [0.1, 0.15) is 26.2 Å². The van der Waals surface area contributed by atoms with Gasteiger partial charge in [0.2, 0.25) is 0 Å². The number of nitrogens with zero attached hydrogens (tertiary/aromatic N) is 3. The van der Waals surface area contributed by atoms with Crippen LogP contribution in [0.25, 0.3) is 11.2 Å². The number of hydrogen-bond donors (Lipinski definition) is 3. The Hall–Kier alpha value is -1.67. The summed E-state index contributed by atoms with van der Waals surface area (Å²) in [5.41, 5.74) is 0.671. The molecule has 0 spiro atoms. The Labute approximate surface area is 127 Å². The van der Waals surface area contributed by atoms with Crippen molar-refractivity contribution in [2.45, 2.75) is 36.8 Å². The molecule has 0 saturated carbocycles. The van der Waals surface area contributed by atoms with Crippen molar-refractivity contribution in [1.29, 1.82) is 0 Å². The van der Waals surface area contributed by atoms with Gasteiger partial charge in [0, 0.05) is 0 Å². The van der Waals surface area contributed by atoms with Gasteiger partial charge in [0.1, 0.15) is 22.4 Å². The fourth-order valence-corrected chi connectivity index (χ4v) is 2.90. The fraction of sp³-hybridized carbons (Fsp3) is 0.538. The van der Waals surface area contributed by atoms with Crippen molar-refractivity contribution in [2.75, 3.05) is 12.8 Å². The second kappa shape index (κ2) is 6.86. The van der Waals surface area contributed by atoms with Crippen molar-refractivity contribution in [2.24, 2.45) is 0 Å². The number of imidazole rings is 1. The zero-order valence-corrected chi connectivity index (χ0v) is 12.9. The molecule has 1 atom stereocenters. The molecule has 21 heavy (non-hydrogen) atoms. The van der Waals surface area contributed by atoms with Gasteiger partial charge in [0.15, 0.2) is 5.65 Å². The van der Waals surface area contributed by atoms with E-state index >= 15 is 0 Å². The van der Waals surface area contributed by atoms with Gasteiger partial charge < -0.3 is 15.4 Å². The molecule has 0 radical (unpaired) electrons. The van der Waals surface area contributed by atoms with Crippen LogP contribution in [-0.2, 0) is 4.79 Å². The van der Waals surface area contributed by atoms with Gasteiger partial charge in [-0.15, -0.1) is 11.8 Å². The van der Waals surface area contributed by atoms with Crippen LogP contribution in [0.3, 0.4) is 0 Å². The van der Waals surface area contributed by atoms with Gasteiger partial charge in [-0.3, -0.25) is 4.79 Å². The molecule has 0 amide bonds. The number of hydrogen-bond acceptors (Lipinski definition) is 6. The molecule has 2 aromatic heterocycles. The summed E-state index contributed by atoms with van der Waals surface area (Å²) >= 11 is 1.63. The normalized spacial score (nSPS) is 14.2. The molecule has 0 bridgehead atoms. The molecule has 1 unspecified atom stereocenters. The summed E-state index contributed by atoms with van der Waals surface area (Å²) in [6, 6.07) is 0. The molecule has 3 N–H and O–H groups in total. The summed E-state index contributed by atoms with van der Waals surface area (Å²) in [4.78, 5) is 26.6. The van der Waals surface area contributed by atoms with Crippen molar-refractivity contribution in [3.05, 3.63) is 12.7 Å². The number of likely N-dealkylation sites (N-methyl/N-ethyl adjacent to an activating group) is 1. The number of nitrogens with one attached hydrogen (secondary N) is 2. The molecule has 8 heteroatoms. The number of aromatic nitrogens is 4. The van der Waals surface area contributed by atoms with E-state index < -0.39 is 11.5 Å². The molecule has 7 nitrogen and oxygen atoms in total. The molecule has 114 valence electrons. The van der Waals surface area contributed by atoms with Gasteiger partial charge >= 0.3 is 5.97 Å². The van der Waals surface area contributed by atoms with Gasteiger partial charge in [0.05, 0.1) is 6.33 Å². The fourth-order valence-electron chi connectivity index (χ4n) is 1.94. The van der Waals surface area contributed by atoms with E-state index in [9.17, 15) is 4.79 Å². The number of carboxylic acids is 1. The Morgan fingerprint density at radius 2 is 2.24 bits per heavy atom. The van der Waals surface area contributed by atoms with E-state index in [1.807, 2.05) is 0 Å². The molecule has 0 aliphatic rings. The molecule has 0 aliphatic carbocycles. The monoisotopic (exact) mass is 309 g/mol. The minimum absolute atomic E-state index is 0.600. The summed E-state index contributed by atoms with van der Waals surface area (Å²) in [5.74, 6) is 0.0671. The largest absolute Gasteiger partial charge is 0.480 e. The van der Waals surface area contributed by atoms with Crippen molar-refractivity contribution in [1.82, 2.24) is 25.3 Å².